The van der Waals surface area contributed by atoms with Gasteiger partial charge in [0, 0.05) is 17.4 Å². The number of amides is 1. The lowest BCUT2D eigenvalue weighted by molar-refractivity contribution is -0.120. The van der Waals surface area contributed by atoms with Crippen molar-refractivity contribution in [3.8, 4) is 0 Å². The van der Waals surface area contributed by atoms with Gasteiger partial charge in [-0.1, -0.05) is 23.7 Å². The molecule has 0 unspecified atom stereocenters. The number of nitrogens with zero attached hydrogens (tertiary/aromatic N) is 2. The van der Waals surface area contributed by atoms with Gasteiger partial charge in [-0.3, -0.25) is 9.78 Å². The minimum absolute atomic E-state index is 0.173. The molecular weight excluding hydrogens is 262 g/mol. The lowest BCUT2D eigenvalue weighted by Gasteiger charge is -2.00. The Kier molecular flexibility index (Phi) is 4.64. The number of pyridine rings is 1. The van der Waals surface area contributed by atoms with Gasteiger partial charge in [-0.25, -0.2) is 5.43 Å². The second-order valence-corrected chi connectivity index (χ2v) is 4.31. The highest BCUT2D eigenvalue weighted by Crippen LogP contribution is 2.09. The minimum Gasteiger partial charge on any atom is -0.273 e. The van der Waals surface area contributed by atoms with Gasteiger partial charge in [0.25, 0.3) is 0 Å². The van der Waals surface area contributed by atoms with Crippen LogP contribution in [0.5, 0.6) is 0 Å². The van der Waals surface area contributed by atoms with Gasteiger partial charge in [-0.15, -0.1) is 0 Å². The maximum Gasteiger partial charge on any atom is 0.244 e. The third-order valence-corrected chi connectivity index (χ3v) is 2.64. The zero-order valence-corrected chi connectivity index (χ0v) is 10.8. The Labute approximate surface area is 116 Å². The molecule has 0 aliphatic carbocycles. The van der Waals surface area contributed by atoms with E-state index in [0.29, 0.717) is 5.02 Å². The molecule has 2 aromatic rings. The van der Waals surface area contributed by atoms with Crippen molar-refractivity contribution in [1.29, 1.82) is 0 Å². The average Bonchev–Trinajstić information content (AvgIpc) is 2.43. The molecule has 0 atom stereocenters. The Morgan fingerprint density at radius 3 is 2.58 bits per heavy atom. The van der Waals surface area contributed by atoms with E-state index in [1.54, 1.807) is 42.9 Å². The summed E-state index contributed by atoms with van der Waals surface area (Å²) in [5, 5.41) is 4.53. The Hall–Kier alpha value is -2.20. The van der Waals surface area contributed by atoms with E-state index < -0.39 is 0 Å². The van der Waals surface area contributed by atoms with Crippen LogP contribution < -0.4 is 5.43 Å². The van der Waals surface area contributed by atoms with Crippen molar-refractivity contribution in [2.75, 3.05) is 0 Å². The summed E-state index contributed by atoms with van der Waals surface area (Å²) in [6.45, 7) is 0. The highest BCUT2D eigenvalue weighted by Gasteiger charge is 2.01. The predicted octanol–water partition coefficient (Wildman–Crippen LogP) is 2.43. The Balaban J connectivity index is 1.85. The summed E-state index contributed by atoms with van der Waals surface area (Å²) in [5.74, 6) is -0.173. The smallest absolute Gasteiger partial charge is 0.244 e. The molecule has 1 aromatic carbocycles. The largest absolute Gasteiger partial charge is 0.273 e. The molecule has 0 aliphatic rings. The van der Waals surface area contributed by atoms with E-state index in [4.69, 9.17) is 11.6 Å². The molecule has 0 fully saturated rings. The zero-order chi connectivity index (χ0) is 13.5. The monoisotopic (exact) mass is 273 g/mol. The number of hydrazone groups is 1. The fraction of sp³-hybridized carbons (Fsp3) is 0.0714. The average molecular weight is 274 g/mol. The first-order chi connectivity index (χ1) is 9.24. The van der Waals surface area contributed by atoms with Crippen molar-refractivity contribution < 1.29 is 4.79 Å². The third kappa shape index (κ3) is 4.52. The van der Waals surface area contributed by atoms with E-state index in [1.165, 1.54) is 0 Å². The summed E-state index contributed by atoms with van der Waals surface area (Å²) in [7, 11) is 0. The molecule has 0 saturated heterocycles. The van der Waals surface area contributed by atoms with Crippen LogP contribution in [-0.2, 0) is 11.2 Å². The standard InChI is InChI=1S/C14H12ClN3O/c15-13-3-1-11(2-4-13)9-14(19)18-17-10-12-5-7-16-8-6-12/h1-8,10H,9H2,(H,18,19)/b17-10-. The topological polar surface area (TPSA) is 54.4 Å². The number of benzene rings is 1. The van der Waals surface area contributed by atoms with Gasteiger partial charge in [-0.05, 0) is 35.4 Å². The van der Waals surface area contributed by atoms with Gasteiger partial charge >= 0.3 is 0 Å². The summed E-state index contributed by atoms with van der Waals surface area (Å²) >= 11 is 5.77. The van der Waals surface area contributed by atoms with Crippen molar-refractivity contribution in [2.24, 2.45) is 5.10 Å². The first kappa shape index (κ1) is 13.2. The molecule has 4 nitrogen and oxygen atoms in total. The van der Waals surface area contributed by atoms with Crippen LogP contribution in [0.2, 0.25) is 5.02 Å². The Bertz CT molecular complexity index is 567. The van der Waals surface area contributed by atoms with Gasteiger partial charge < -0.3 is 0 Å². The number of rotatable bonds is 4. The summed E-state index contributed by atoms with van der Waals surface area (Å²) in [5.41, 5.74) is 4.24. The zero-order valence-electron chi connectivity index (χ0n) is 10.1. The lowest BCUT2D eigenvalue weighted by atomic mass is 10.1. The van der Waals surface area contributed by atoms with Gasteiger partial charge in [0.05, 0.1) is 12.6 Å². The second kappa shape index (κ2) is 6.66. The summed E-state index contributed by atoms with van der Waals surface area (Å²) in [6, 6.07) is 10.7. The van der Waals surface area contributed by atoms with Crippen LogP contribution in [0.25, 0.3) is 0 Å². The van der Waals surface area contributed by atoms with E-state index >= 15 is 0 Å². The summed E-state index contributed by atoms with van der Waals surface area (Å²) in [6.07, 6.45) is 5.17. The first-order valence-electron chi connectivity index (χ1n) is 5.70. The van der Waals surface area contributed by atoms with E-state index in [0.717, 1.165) is 11.1 Å². The predicted molar refractivity (Wildman–Crippen MR) is 75.1 cm³/mol. The molecule has 1 N–H and O–H groups in total. The SMILES string of the molecule is O=C(Cc1ccc(Cl)cc1)N/N=C\c1ccncc1. The van der Waals surface area contributed by atoms with Crippen molar-refractivity contribution in [2.45, 2.75) is 6.42 Å². The van der Waals surface area contributed by atoms with E-state index in [9.17, 15) is 4.79 Å². The molecule has 0 spiro atoms. The van der Waals surface area contributed by atoms with Crippen LogP contribution in [-0.4, -0.2) is 17.1 Å². The number of carbonyl (C=O) groups excluding carboxylic acids is 1. The molecule has 19 heavy (non-hydrogen) atoms. The van der Waals surface area contributed by atoms with Crippen LogP contribution in [0, 0.1) is 0 Å². The quantitative estimate of drug-likeness (QED) is 0.687. The Morgan fingerprint density at radius 2 is 1.89 bits per heavy atom. The van der Waals surface area contributed by atoms with Crippen molar-refractivity contribution in [3.63, 3.8) is 0 Å². The number of hydrogen-bond donors (Lipinski definition) is 1. The van der Waals surface area contributed by atoms with Crippen molar-refractivity contribution >= 4 is 23.7 Å². The van der Waals surface area contributed by atoms with Gasteiger partial charge in [0.1, 0.15) is 0 Å². The number of carbonyl (C=O) groups is 1. The second-order valence-electron chi connectivity index (χ2n) is 3.88. The maximum atomic E-state index is 11.6. The third-order valence-electron chi connectivity index (χ3n) is 2.39. The molecular formula is C14H12ClN3O. The maximum absolute atomic E-state index is 11.6. The van der Waals surface area contributed by atoms with Gasteiger partial charge in [-0.2, -0.15) is 5.10 Å². The fourth-order valence-electron chi connectivity index (χ4n) is 1.46. The van der Waals surface area contributed by atoms with Crippen LogP contribution >= 0.6 is 11.6 Å². The molecule has 0 saturated carbocycles. The molecule has 96 valence electrons. The lowest BCUT2D eigenvalue weighted by Crippen LogP contribution is -2.19. The summed E-state index contributed by atoms with van der Waals surface area (Å²) < 4.78 is 0. The van der Waals surface area contributed by atoms with Crippen LogP contribution in [0.3, 0.4) is 0 Å². The molecule has 0 aliphatic heterocycles. The fourth-order valence-corrected chi connectivity index (χ4v) is 1.58. The van der Waals surface area contributed by atoms with E-state index in [2.05, 4.69) is 15.5 Å². The first-order valence-corrected chi connectivity index (χ1v) is 6.08. The molecule has 0 bridgehead atoms. The molecule has 1 aromatic heterocycles. The molecule has 1 heterocycles. The van der Waals surface area contributed by atoms with Crippen LogP contribution in [0.4, 0.5) is 0 Å². The molecule has 0 radical (unpaired) electrons. The van der Waals surface area contributed by atoms with Gasteiger partial charge in [0.2, 0.25) is 5.91 Å². The normalized spacial score (nSPS) is 10.6. The number of nitrogens with one attached hydrogen (secondary N) is 1. The molecule has 1 amide bonds. The highest BCUT2D eigenvalue weighted by atomic mass is 35.5. The van der Waals surface area contributed by atoms with E-state index in [-0.39, 0.29) is 12.3 Å². The highest BCUT2D eigenvalue weighted by molar-refractivity contribution is 6.30. The van der Waals surface area contributed by atoms with Crippen LogP contribution in [0.1, 0.15) is 11.1 Å². The Morgan fingerprint density at radius 1 is 1.21 bits per heavy atom. The number of halogens is 1. The van der Waals surface area contributed by atoms with E-state index in [1.807, 2.05) is 12.1 Å². The van der Waals surface area contributed by atoms with Gasteiger partial charge in [0.15, 0.2) is 0 Å². The minimum atomic E-state index is -0.173. The van der Waals surface area contributed by atoms with Crippen LogP contribution in [0.15, 0.2) is 53.9 Å². The molecule has 5 heteroatoms. The van der Waals surface area contributed by atoms with Crippen molar-refractivity contribution in [1.82, 2.24) is 10.4 Å². The molecule has 2 rings (SSSR count). The number of hydrogen-bond acceptors (Lipinski definition) is 3. The number of aromatic nitrogens is 1. The summed E-state index contributed by atoms with van der Waals surface area (Å²) in [4.78, 5) is 15.5. The van der Waals surface area contributed by atoms with Crippen molar-refractivity contribution in [3.05, 3.63) is 64.9 Å².